The van der Waals surface area contributed by atoms with Crippen molar-refractivity contribution < 1.29 is 24.2 Å². The van der Waals surface area contributed by atoms with Crippen molar-refractivity contribution >= 4 is 11.9 Å². The van der Waals surface area contributed by atoms with Gasteiger partial charge in [0.25, 0.3) is 0 Å². The van der Waals surface area contributed by atoms with E-state index in [1.54, 1.807) is 13.2 Å². The summed E-state index contributed by atoms with van der Waals surface area (Å²) in [5.74, 6) is -1.14. The number of hydrogen-bond donors (Lipinski definition) is 1. The zero-order valence-corrected chi connectivity index (χ0v) is 9.98. The van der Waals surface area contributed by atoms with Gasteiger partial charge >= 0.3 is 11.9 Å². The van der Waals surface area contributed by atoms with Crippen molar-refractivity contribution in [3.8, 4) is 0 Å². The molecule has 0 aliphatic heterocycles. The summed E-state index contributed by atoms with van der Waals surface area (Å²) >= 11 is 0. The molecule has 1 aliphatic rings. The Hall–Kier alpha value is -1.62. The summed E-state index contributed by atoms with van der Waals surface area (Å²) in [6.07, 6.45) is 5.32. The molecule has 0 saturated carbocycles. The highest BCUT2D eigenvalue weighted by Gasteiger charge is 2.11. The Kier molecular flexibility index (Phi) is 8.68. The number of rotatable bonds is 6. The van der Waals surface area contributed by atoms with Crippen LogP contribution >= 0.6 is 0 Å². The number of carbonyl (C=O) groups is 2. The summed E-state index contributed by atoms with van der Waals surface area (Å²) in [6, 6.07) is 0. The fourth-order valence-corrected chi connectivity index (χ4v) is 0.918. The van der Waals surface area contributed by atoms with Crippen molar-refractivity contribution in [1.29, 1.82) is 0 Å². The predicted octanol–water partition coefficient (Wildman–Crippen LogP) is 1.54. The highest BCUT2D eigenvalue weighted by Crippen LogP contribution is 2.16. The van der Waals surface area contributed by atoms with Gasteiger partial charge in [0.15, 0.2) is 0 Å². The Morgan fingerprint density at radius 3 is 2.47 bits per heavy atom. The van der Waals surface area contributed by atoms with E-state index < -0.39 is 5.97 Å². The van der Waals surface area contributed by atoms with Gasteiger partial charge in [-0.3, -0.25) is 0 Å². The van der Waals surface area contributed by atoms with Gasteiger partial charge in [-0.2, -0.15) is 0 Å². The molecule has 0 saturated heterocycles. The average Bonchev–Trinajstić information content (AvgIpc) is 2.21. The lowest BCUT2D eigenvalue weighted by Crippen LogP contribution is -2.05. The number of hydrogen-bond acceptors (Lipinski definition) is 4. The minimum absolute atomic E-state index is 0.379. The van der Waals surface area contributed by atoms with Crippen LogP contribution in [-0.2, 0) is 19.1 Å². The molecule has 0 atom stereocenters. The molecule has 0 amide bonds. The highest BCUT2D eigenvalue weighted by atomic mass is 16.5. The molecule has 1 rings (SSSR count). The second-order valence-electron chi connectivity index (χ2n) is 3.29. The lowest BCUT2D eigenvalue weighted by molar-refractivity contribution is -0.138. The van der Waals surface area contributed by atoms with Gasteiger partial charge in [0.2, 0.25) is 0 Å². The molecule has 0 aromatic carbocycles. The topological polar surface area (TPSA) is 72.8 Å². The van der Waals surface area contributed by atoms with Gasteiger partial charge in [0.1, 0.15) is 0 Å². The van der Waals surface area contributed by atoms with E-state index in [1.165, 1.54) is 0 Å². The van der Waals surface area contributed by atoms with Crippen LogP contribution in [-0.4, -0.2) is 37.4 Å². The first-order valence-electron chi connectivity index (χ1n) is 5.32. The molecule has 0 bridgehead atoms. The third-order valence-electron chi connectivity index (χ3n) is 1.98. The molecule has 17 heavy (non-hydrogen) atoms. The Bertz CT molecular complexity index is 293. The average molecular weight is 242 g/mol. The third-order valence-corrected chi connectivity index (χ3v) is 1.98. The molecule has 0 spiro atoms. The second kappa shape index (κ2) is 9.59. The fraction of sp³-hybridized carbons (Fsp3) is 0.500. The van der Waals surface area contributed by atoms with Crippen LogP contribution in [0.15, 0.2) is 24.3 Å². The van der Waals surface area contributed by atoms with Crippen LogP contribution in [0.1, 0.15) is 19.3 Å². The molecule has 5 heteroatoms. The minimum Gasteiger partial charge on any atom is -0.478 e. The lowest BCUT2D eigenvalue weighted by Gasteiger charge is -2.06. The van der Waals surface area contributed by atoms with Crippen molar-refractivity contribution in [3.63, 3.8) is 0 Å². The van der Waals surface area contributed by atoms with Gasteiger partial charge < -0.3 is 14.6 Å². The number of allylic oxidation sites excluding steroid dienone is 1. The Labute approximate surface area is 101 Å². The lowest BCUT2D eigenvalue weighted by atomic mass is 10.00. The van der Waals surface area contributed by atoms with E-state index in [2.05, 4.69) is 11.3 Å². The summed E-state index contributed by atoms with van der Waals surface area (Å²) in [6.45, 7) is 4.27. The molecule has 0 aromatic heterocycles. The van der Waals surface area contributed by atoms with Gasteiger partial charge in [-0.25, -0.2) is 9.59 Å². The van der Waals surface area contributed by atoms with Crippen LogP contribution in [0.25, 0.3) is 0 Å². The van der Waals surface area contributed by atoms with E-state index in [-0.39, 0.29) is 5.97 Å². The summed E-state index contributed by atoms with van der Waals surface area (Å²) in [7, 11) is 1.61. The number of carbonyl (C=O) groups excluding carboxylic acids is 1. The molecule has 5 nitrogen and oxygen atoms in total. The summed E-state index contributed by atoms with van der Waals surface area (Å²) < 4.78 is 9.40. The maximum Gasteiger partial charge on any atom is 0.331 e. The van der Waals surface area contributed by atoms with Crippen LogP contribution in [0.3, 0.4) is 0 Å². The number of esters is 1. The molecule has 0 heterocycles. The molecular formula is C12H18O5. The van der Waals surface area contributed by atoms with E-state index in [4.69, 9.17) is 9.84 Å². The van der Waals surface area contributed by atoms with Crippen molar-refractivity contribution in [2.24, 2.45) is 0 Å². The van der Waals surface area contributed by atoms with Crippen molar-refractivity contribution in [3.05, 3.63) is 24.3 Å². The van der Waals surface area contributed by atoms with Crippen LogP contribution in [0.2, 0.25) is 0 Å². The maximum atomic E-state index is 10.4. The summed E-state index contributed by atoms with van der Waals surface area (Å²) in [5.41, 5.74) is 0.569. The summed E-state index contributed by atoms with van der Waals surface area (Å²) in [5, 5.41) is 8.16. The quantitative estimate of drug-likeness (QED) is 0.434. The van der Waals surface area contributed by atoms with Crippen molar-refractivity contribution in [2.45, 2.75) is 19.3 Å². The minimum atomic E-state index is -0.758. The van der Waals surface area contributed by atoms with Crippen LogP contribution in [0.5, 0.6) is 0 Å². The third kappa shape index (κ3) is 8.21. The Balaban J connectivity index is 0.000000318. The van der Waals surface area contributed by atoms with Gasteiger partial charge in [-0.15, -0.1) is 0 Å². The first kappa shape index (κ1) is 15.4. The van der Waals surface area contributed by atoms with Crippen LogP contribution in [0, 0.1) is 0 Å². The van der Waals surface area contributed by atoms with Crippen LogP contribution < -0.4 is 0 Å². The SMILES string of the molecule is C=CC(=O)OCCCOC.O=C(O)C1=CCC1. The van der Waals surface area contributed by atoms with E-state index in [1.807, 2.05) is 0 Å². The van der Waals surface area contributed by atoms with Crippen molar-refractivity contribution in [2.75, 3.05) is 20.3 Å². The molecular weight excluding hydrogens is 224 g/mol. The smallest absolute Gasteiger partial charge is 0.331 e. The zero-order chi connectivity index (χ0) is 13.1. The van der Waals surface area contributed by atoms with Crippen LogP contribution in [0.4, 0.5) is 0 Å². The predicted molar refractivity (Wildman–Crippen MR) is 62.6 cm³/mol. The van der Waals surface area contributed by atoms with E-state index in [9.17, 15) is 9.59 Å². The molecule has 0 radical (unpaired) electrons. The Morgan fingerprint density at radius 1 is 1.53 bits per heavy atom. The summed E-state index contributed by atoms with van der Waals surface area (Å²) in [4.78, 5) is 20.3. The molecule has 1 aliphatic carbocycles. The Morgan fingerprint density at radius 2 is 2.18 bits per heavy atom. The molecule has 1 N–H and O–H groups in total. The molecule has 0 unspecified atom stereocenters. The number of ether oxygens (including phenoxy) is 2. The first-order chi connectivity index (χ1) is 8.11. The highest BCUT2D eigenvalue weighted by molar-refractivity contribution is 5.87. The largest absolute Gasteiger partial charge is 0.478 e. The second-order valence-corrected chi connectivity index (χ2v) is 3.29. The zero-order valence-electron chi connectivity index (χ0n) is 9.98. The monoisotopic (exact) mass is 242 g/mol. The standard InChI is InChI=1S/C7H12O3.C5H6O2/c1-3-7(8)10-6-4-5-9-2;6-5(7)4-2-1-3-4/h3H,1,4-6H2,2H3;2H,1,3H2,(H,6,7). The fourth-order valence-electron chi connectivity index (χ4n) is 0.918. The molecule has 0 aromatic rings. The van der Waals surface area contributed by atoms with Gasteiger partial charge in [0.05, 0.1) is 6.61 Å². The first-order valence-corrected chi connectivity index (χ1v) is 5.32. The van der Waals surface area contributed by atoms with Gasteiger partial charge in [-0.05, 0) is 12.8 Å². The number of carboxylic acids is 1. The van der Waals surface area contributed by atoms with E-state index >= 15 is 0 Å². The normalized spacial score (nSPS) is 12.4. The van der Waals surface area contributed by atoms with E-state index in [0.717, 1.165) is 25.3 Å². The van der Waals surface area contributed by atoms with E-state index in [0.29, 0.717) is 18.8 Å². The number of carboxylic acid groups (broad SMARTS) is 1. The van der Waals surface area contributed by atoms with Crippen molar-refractivity contribution in [1.82, 2.24) is 0 Å². The van der Waals surface area contributed by atoms with Gasteiger partial charge in [-0.1, -0.05) is 12.7 Å². The maximum absolute atomic E-state index is 10.4. The number of aliphatic carboxylic acids is 1. The molecule has 96 valence electrons. The molecule has 0 fully saturated rings. The number of methoxy groups -OCH3 is 1. The van der Waals surface area contributed by atoms with Gasteiger partial charge in [0, 0.05) is 31.8 Å².